The van der Waals surface area contributed by atoms with E-state index in [2.05, 4.69) is 10.6 Å². The minimum absolute atomic E-state index is 0.0328. The maximum Gasteiger partial charge on any atom is 0.306 e. The Hall–Kier alpha value is -2.20. The zero-order valence-corrected chi connectivity index (χ0v) is 20.5. The molecule has 0 fully saturated rings. The summed E-state index contributed by atoms with van der Waals surface area (Å²) in [6.07, 6.45) is 0.00856. The first-order chi connectivity index (χ1) is 14.6. The maximum absolute atomic E-state index is 12.5. The van der Waals surface area contributed by atoms with Crippen molar-refractivity contribution in [3.8, 4) is 0 Å². The van der Waals surface area contributed by atoms with Crippen LogP contribution in [0.3, 0.4) is 0 Å². The number of hydrogen-bond acceptors (Lipinski definition) is 8. The number of carbonyl (C=O) groups excluding carboxylic acids is 4. The Bertz CT molecular complexity index is 624. The summed E-state index contributed by atoms with van der Waals surface area (Å²) in [5, 5.41) is 5.24. The van der Waals surface area contributed by atoms with Crippen molar-refractivity contribution in [1.29, 1.82) is 0 Å². The SMILES string of the molecule is CCOCCNC(=O)C(CCC(=O)OC(C)(C)C)NC(=O)[C@@H](N)CCC(=O)OC(C)(C)C. The third kappa shape index (κ3) is 15.6. The van der Waals surface area contributed by atoms with E-state index in [9.17, 15) is 19.2 Å². The van der Waals surface area contributed by atoms with Gasteiger partial charge in [-0.25, -0.2) is 0 Å². The van der Waals surface area contributed by atoms with Crippen LogP contribution in [0.25, 0.3) is 0 Å². The molecule has 0 bridgehead atoms. The van der Waals surface area contributed by atoms with Crippen LogP contribution in [-0.4, -0.2) is 66.8 Å². The van der Waals surface area contributed by atoms with E-state index in [4.69, 9.17) is 19.9 Å². The van der Waals surface area contributed by atoms with Gasteiger partial charge in [0.15, 0.2) is 0 Å². The highest BCUT2D eigenvalue weighted by Gasteiger charge is 2.26. The molecule has 4 N–H and O–H groups in total. The van der Waals surface area contributed by atoms with E-state index in [0.29, 0.717) is 13.2 Å². The molecule has 0 saturated heterocycles. The average molecular weight is 460 g/mol. The van der Waals surface area contributed by atoms with Crippen LogP contribution < -0.4 is 16.4 Å². The Kier molecular flexibility index (Phi) is 13.1. The van der Waals surface area contributed by atoms with E-state index in [1.807, 2.05) is 6.92 Å². The van der Waals surface area contributed by atoms with Gasteiger partial charge in [-0.2, -0.15) is 0 Å². The molecule has 2 amide bonds. The lowest BCUT2D eigenvalue weighted by Crippen LogP contribution is -2.52. The Morgan fingerprint density at radius 2 is 1.34 bits per heavy atom. The number of hydrogen-bond donors (Lipinski definition) is 3. The van der Waals surface area contributed by atoms with Gasteiger partial charge in [-0.05, 0) is 61.3 Å². The van der Waals surface area contributed by atoms with Gasteiger partial charge in [-0.1, -0.05) is 0 Å². The smallest absolute Gasteiger partial charge is 0.306 e. The normalized spacial score (nSPS) is 13.6. The second-order valence-electron chi connectivity index (χ2n) is 9.41. The zero-order chi connectivity index (χ0) is 24.9. The molecular weight excluding hydrogens is 418 g/mol. The summed E-state index contributed by atoms with van der Waals surface area (Å²) in [6, 6.07) is -1.99. The Morgan fingerprint density at radius 1 is 0.844 bits per heavy atom. The molecule has 0 aliphatic rings. The number of ether oxygens (including phenoxy) is 3. The molecule has 2 atom stereocenters. The summed E-state index contributed by atoms with van der Waals surface area (Å²) >= 11 is 0. The van der Waals surface area contributed by atoms with Crippen molar-refractivity contribution in [1.82, 2.24) is 10.6 Å². The number of amides is 2. The van der Waals surface area contributed by atoms with Crippen LogP contribution >= 0.6 is 0 Å². The van der Waals surface area contributed by atoms with Crippen molar-refractivity contribution in [3.05, 3.63) is 0 Å². The van der Waals surface area contributed by atoms with Gasteiger partial charge in [-0.3, -0.25) is 19.2 Å². The topological polar surface area (TPSA) is 146 Å². The summed E-state index contributed by atoms with van der Waals surface area (Å²) in [7, 11) is 0. The summed E-state index contributed by atoms with van der Waals surface area (Å²) in [5.74, 6) is -1.99. The zero-order valence-electron chi connectivity index (χ0n) is 20.5. The number of carbonyl (C=O) groups is 4. The summed E-state index contributed by atoms with van der Waals surface area (Å²) in [4.78, 5) is 48.9. The Labute approximate surface area is 191 Å². The van der Waals surface area contributed by atoms with Crippen molar-refractivity contribution in [2.75, 3.05) is 19.8 Å². The first-order valence-corrected chi connectivity index (χ1v) is 11.0. The van der Waals surface area contributed by atoms with Crippen molar-refractivity contribution >= 4 is 23.8 Å². The fourth-order valence-electron chi connectivity index (χ4n) is 2.51. The molecule has 32 heavy (non-hydrogen) atoms. The van der Waals surface area contributed by atoms with Crippen LogP contribution in [0.4, 0.5) is 0 Å². The second-order valence-corrected chi connectivity index (χ2v) is 9.41. The van der Waals surface area contributed by atoms with Crippen LogP contribution in [0, 0.1) is 0 Å². The van der Waals surface area contributed by atoms with Gasteiger partial charge in [0.05, 0.1) is 12.6 Å². The van der Waals surface area contributed by atoms with Crippen LogP contribution in [0.2, 0.25) is 0 Å². The van der Waals surface area contributed by atoms with Gasteiger partial charge in [0.25, 0.3) is 0 Å². The molecular formula is C22H41N3O7. The van der Waals surface area contributed by atoms with Crippen LogP contribution in [-0.2, 0) is 33.4 Å². The van der Waals surface area contributed by atoms with Crippen molar-refractivity contribution in [2.24, 2.45) is 5.73 Å². The highest BCUT2D eigenvalue weighted by Crippen LogP contribution is 2.11. The maximum atomic E-state index is 12.5. The fourth-order valence-corrected chi connectivity index (χ4v) is 2.51. The lowest BCUT2D eigenvalue weighted by atomic mass is 10.1. The minimum Gasteiger partial charge on any atom is -0.460 e. The summed E-state index contributed by atoms with van der Waals surface area (Å²) in [6.45, 7) is 13.4. The minimum atomic E-state index is -1.01. The van der Waals surface area contributed by atoms with E-state index in [-0.39, 0.29) is 32.2 Å². The molecule has 0 aliphatic carbocycles. The predicted octanol–water partition coefficient (Wildman–Crippen LogP) is 1.20. The first kappa shape index (κ1) is 29.8. The molecule has 1 unspecified atom stereocenters. The number of nitrogens with two attached hydrogens (primary N) is 1. The predicted molar refractivity (Wildman–Crippen MR) is 120 cm³/mol. The van der Waals surface area contributed by atoms with Crippen molar-refractivity contribution in [2.45, 2.75) is 97.4 Å². The number of rotatable bonds is 13. The van der Waals surface area contributed by atoms with Gasteiger partial charge >= 0.3 is 11.9 Å². The van der Waals surface area contributed by atoms with Crippen LogP contribution in [0.15, 0.2) is 0 Å². The largest absolute Gasteiger partial charge is 0.460 e. The first-order valence-electron chi connectivity index (χ1n) is 11.0. The molecule has 186 valence electrons. The van der Waals surface area contributed by atoms with Crippen molar-refractivity contribution < 1.29 is 33.4 Å². The quantitative estimate of drug-likeness (QED) is 0.275. The van der Waals surface area contributed by atoms with Gasteiger partial charge in [-0.15, -0.1) is 0 Å². The van der Waals surface area contributed by atoms with Gasteiger partial charge in [0, 0.05) is 26.0 Å². The highest BCUT2D eigenvalue weighted by atomic mass is 16.6. The number of esters is 2. The molecule has 0 aromatic rings. The van der Waals surface area contributed by atoms with Crippen LogP contribution in [0.5, 0.6) is 0 Å². The van der Waals surface area contributed by atoms with Crippen molar-refractivity contribution in [3.63, 3.8) is 0 Å². The molecule has 0 spiro atoms. The van der Waals surface area contributed by atoms with Gasteiger partial charge in [0.2, 0.25) is 11.8 Å². The number of nitrogens with one attached hydrogen (secondary N) is 2. The monoisotopic (exact) mass is 459 g/mol. The molecule has 10 heteroatoms. The molecule has 10 nitrogen and oxygen atoms in total. The lowest BCUT2D eigenvalue weighted by Gasteiger charge is -2.23. The van der Waals surface area contributed by atoms with E-state index in [1.54, 1.807) is 41.5 Å². The van der Waals surface area contributed by atoms with Crippen LogP contribution in [0.1, 0.15) is 74.1 Å². The second kappa shape index (κ2) is 14.1. The summed E-state index contributed by atoms with van der Waals surface area (Å²) < 4.78 is 15.6. The fraction of sp³-hybridized carbons (Fsp3) is 0.818. The molecule has 0 heterocycles. The highest BCUT2D eigenvalue weighted by molar-refractivity contribution is 5.90. The van der Waals surface area contributed by atoms with E-state index >= 15 is 0 Å². The molecule has 0 aromatic carbocycles. The Morgan fingerprint density at radius 3 is 1.81 bits per heavy atom. The molecule has 0 saturated carbocycles. The molecule has 0 radical (unpaired) electrons. The molecule has 0 aliphatic heterocycles. The van der Waals surface area contributed by atoms with E-state index < -0.39 is 47.0 Å². The standard InChI is InChI=1S/C22H41N3O7/c1-8-30-14-13-24-20(29)16(10-12-18(27)32-22(5,6)7)25-19(28)15(23)9-11-17(26)31-21(2,3)4/h15-16H,8-14,23H2,1-7H3,(H,24,29)(H,25,28)/t15-,16?/m0/s1. The lowest BCUT2D eigenvalue weighted by molar-refractivity contribution is -0.156. The van der Waals surface area contributed by atoms with Gasteiger partial charge in [0.1, 0.15) is 17.2 Å². The Balaban J connectivity index is 4.89. The third-order valence-corrected chi connectivity index (χ3v) is 3.86. The molecule has 0 aromatic heterocycles. The average Bonchev–Trinajstić information content (AvgIpc) is 2.63. The third-order valence-electron chi connectivity index (χ3n) is 3.86. The summed E-state index contributed by atoms with van der Waals surface area (Å²) in [5.41, 5.74) is 4.61. The van der Waals surface area contributed by atoms with E-state index in [0.717, 1.165) is 0 Å². The van der Waals surface area contributed by atoms with E-state index in [1.165, 1.54) is 0 Å². The van der Waals surface area contributed by atoms with Gasteiger partial charge < -0.3 is 30.6 Å². The molecule has 0 rings (SSSR count).